The number of sulfonamides is 1. The zero-order valence-corrected chi connectivity index (χ0v) is 13.3. The van der Waals surface area contributed by atoms with Gasteiger partial charge in [0.15, 0.2) is 4.90 Å². The minimum atomic E-state index is -3.96. The number of likely N-dealkylation sites (N-methyl/N-ethyl adjacent to an activating group) is 1. The van der Waals surface area contributed by atoms with Gasteiger partial charge in [-0.1, -0.05) is 6.07 Å². The van der Waals surface area contributed by atoms with Gasteiger partial charge in [-0.05, 0) is 33.2 Å². The lowest BCUT2D eigenvalue weighted by Gasteiger charge is -2.20. The van der Waals surface area contributed by atoms with Crippen LogP contribution in [-0.4, -0.2) is 52.0 Å². The molecule has 0 radical (unpaired) electrons. The Morgan fingerprint density at radius 1 is 1.38 bits per heavy atom. The van der Waals surface area contributed by atoms with Crippen LogP contribution in [-0.2, 0) is 10.0 Å². The van der Waals surface area contributed by atoms with Crippen LogP contribution in [0, 0.1) is 10.1 Å². The average molecular weight is 316 g/mol. The predicted octanol–water partition coefficient (Wildman–Crippen LogP) is 0.865. The van der Waals surface area contributed by atoms with Crippen molar-refractivity contribution in [2.45, 2.75) is 17.9 Å². The second-order valence-corrected chi connectivity index (χ2v) is 6.56. The summed E-state index contributed by atoms with van der Waals surface area (Å²) in [6.07, 6.45) is 0. The van der Waals surface area contributed by atoms with Crippen LogP contribution in [0.5, 0.6) is 0 Å². The van der Waals surface area contributed by atoms with Gasteiger partial charge in [-0.25, -0.2) is 13.1 Å². The number of hydrogen-bond acceptors (Lipinski definition) is 6. The molecule has 8 nitrogen and oxygen atoms in total. The van der Waals surface area contributed by atoms with Crippen LogP contribution in [0.1, 0.15) is 6.92 Å². The molecule has 1 rings (SSSR count). The Kier molecular flexibility index (Phi) is 5.64. The van der Waals surface area contributed by atoms with Crippen molar-refractivity contribution in [1.29, 1.82) is 0 Å². The molecule has 21 heavy (non-hydrogen) atoms. The fourth-order valence-electron chi connectivity index (χ4n) is 1.62. The Bertz CT molecular complexity index is 616. The molecule has 0 spiro atoms. The van der Waals surface area contributed by atoms with Crippen LogP contribution in [0.3, 0.4) is 0 Å². The molecule has 0 heterocycles. The molecule has 0 saturated heterocycles. The first-order valence-electron chi connectivity index (χ1n) is 6.32. The lowest BCUT2D eigenvalue weighted by Crippen LogP contribution is -2.38. The van der Waals surface area contributed by atoms with Gasteiger partial charge in [-0.15, -0.1) is 0 Å². The van der Waals surface area contributed by atoms with Gasteiger partial charge >= 0.3 is 5.69 Å². The molecule has 0 aliphatic carbocycles. The largest absolute Gasteiger partial charge is 0.383 e. The van der Waals surface area contributed by atoms with E-state index in [-0.39, 0.29) is 23.2 Å². The molecular formula is C12H20N4O4S. The Balaban J connectivity index is 3.17. The van der Waals surface area contributed by atoms with Crippen molar-refractivity contribution in [2.24, 2.45) is 0 Å². The topological polar surface area (TPSA) is 105 Å². The Hall–Kier alpha value is -1.71. The minimum Gasteiger partial charge on any atom is -0.383 e. The van der Waals surface area contributed by atoms with E-state index in [1.807, 2.05) is 25.9 Å². The van der Waals surface area contributed by atoms with Gasteiger partial charge in [0.1, 0.15) is 5.69 Å². The van der Waals surface area contributed by atoms with E-state index >= 15 is 0 Å². The molecule has 1 unspecified atom stereocenters. The van der Waals surface area contributed by atoms with Crippen molar-refractivity contribution >= 4 is 21.4 Å². The fraction of sp³-hybridized carbons (Fsp3) is 0.500. The maximum absolute atomic E-state index is 12.3. The summed E-state index contributed by atoms with van der Waals surface area (Å²) < 4.78 is 27.0. The van der Waals surface area contributed by atoms with Gasteiger partial charge in [0.05, 0.1) is 4.92 Å². The minimum absolute atomic E-state index is 0.0358. The number of nitro benzene ring substituents is 1. The van der Waals surface area contributed by atoms with Crippen LogP contribution < -0.4 is 10.0 Å². The quantitative estimate of drug-likeness (QED) is 0.571. The molecule has 118 valence electrons. The first-order chi connectivity index (χ1) is 9.70. The highest BCUT2D eigenvalue weighted by Gasteiger charge is 2.28. The van der Waals surface area contributed by atoms with Gasteiger partial charge in [0.25, 0.3) is 0 Å². The molecule has 0 aliphatic heterocycles. The highest BCUT2D eigenvalue weighted by Crippen LogP contribution is 2.31. The van der Waals surface area contributed by atoms with E-state index in [0.29, 0.717) is 0 Å². The molecule has 0 aromatic heterocycles. The number of rotatable bonds is 7. The molecule has 0 bridgehead atoms. The van der Waals surface area contributed by atoms with Gasteiger partial charge in [0.2, 0.25) is 10.0 Å². The van der Waals surface area contributed by atoms with E-state index in [9.17, 15) is 18.5 Å². The average Bonchev–Trinajstić information content (AvgIpc) is 2.43. The molecular weight excluding hydrogens is 296 g/mol. The number of nitrogens with one attached hydrogen (secondary N) is 2. The normalized spacial score (nSPS) is 13.2. The van der Waals surface area contributed by atoms with Crippen LogP contribution >= 0.6 is 0 Å². The molecule has 2 N–H and O–H groups in total. The first-order valence-corrected chi connectivity index (χ1v) is 7.80. The molecule has 0 saturated carbocycles. The Morgan fingerprint density at radius 2 is 2.00 bits per heavy atom. The summed E-state index contributed by atoms with van der Waals surface area (Å²) in [5, 5.41) is 13.8. The summed E-state index contributed by atoms with van der Waals surface area (Å²) in [5.74, 6) is 0. The van der Waals surface area contributed by atoms with Gasteiger partial charge in [-0.2, -0.15) is 0 Å². The number of hydrogen-bond donors (Lipinski definition) is 2. The number of nitro groups is 1. The smallest absolute Gasteiger partial charge is 0.312 e. The van der Waals surface area contributed by atoms with E-state index in [4.69, 9.17) is 0 Å². The molecule has 1 aromatic rings. The van der Waals surface area contributed by atoms with Gasteiger partial charge < -0.3 is 10.2 Å². The van der Waals surface area contributed by atoms with E-state index in [2.05, 4.69) is 10.0 Å². The third-order valence-electron chi connectivity index (χ3n) is 3.19. The number of nitrogens with zero attached hydrogens (tertiary/aromatic N) is 2. The summed E-state index contributed by atoms with van der Waals surface area (Å²) in [4.78, 5) is 12.0. The van der Waals surface area contributed by atoms with Gasteiger partial charge in [-0.3, -0.25) is 10.1 Å². The van der Waals surface area contributed by atoms with Gasteiger partial charge in [0, 0.05) is 19.6 Å². The summed E-state index contributed by atoms with van der Waals surface area (Å²) in [6, 6.07) is 4.11. The predicted molar refractivity (Wildman–Crippen MR) is 81.0 cm³/mol. The number of benzene rings is 1. The summed E-state index contributed by atoms with van der Waals surface area (Å²) in [5.41, 5.74) is -0.298. The third-order valence-corrected chi connectivity index (χ3v) is 4.65. The van der Waals surface area contributed by atoms with Crippen LogP contribution in [0.25, 0.3) is 0 Å². The van der Waals surface area contributed by atoms with E-state index in [0.717, 1.165) is 0 Å². The zero-order valence-electron chi connectivity index (χ0n) is 12.5. The Morgan fingerprint density at radius 3 is 2.48 bits per heavy atom. The highest BCUT2D eigenvalue weighted by atomic mass is 32.2. The Labute approximate surface area is 124 Å². The van der Waals surface area contributed by atoms with Crippen molar-refractivity contribution in [3.05, 3.63) is 28.3 Å². The number of para-hydroxylation sites is 1. The summed E-state index contributed by atoms with van der Waals surface area (Å²) >= 11 is 0. The monoisotopic (exact) mass is 316 g/mol. The SMILES string of the molecule is CNc1cccc(S(=O)(=O)NCC(C)N(C)C)c1[N+](=O)[O-]. The molecule has 1 atom stereocenters. The maximum Gasteiger partial charge on any atom is 0.312 e. The summed E-state index contributed by atoms with van der Waals surface area (Å²) in [7, 11) is 1.19. The van der Waals surface area contributed by atoms with Crippen LogP contribution in [0.15, 0.2) is 23.1 Å². The molecule has 1 aromatic carbocycles. The standard InChI is InChI=1S/C12H20N4O4S/c1-9(15(3)4)8-14-21(19,20)11-7-5-6-10(13-2)12(11)16(17)18/h5-7,9,13-14H,8H2,1-4H3. The number of anilines is 1. The van der Waals surface area contributed by atoms with Crippen LogP contribution in [0.2, 0.25) is 0 Å². The first kappa shape index (κ1) is 17.3. The lowest BCUT2D eigenvalue weighted by atomic mass is 10.3. The summed E-state index contributed by atoms with van der Waals surface area (Å²) in [6.45, 7) is 2.01. The zero-order chi connectivity index (χ0) is 16.2. The third kappa shape index (κ3) is 4.13. The van der Waals surface area contributed by atoms with Crippen molar-refractivity contribution in [3.63, 3.8) is 0 Å². The van der Waals surface area contributed by atoms with E-state index in [1.165, 1.54) is 25.2 Å². The molecule has 0 fully saturated rings. The fourth-order valence-corrected chi connectivity index (χ4v) is 2.93. The molecule has 0 aliphatic rings. The molecule has 0 amide bonds. The second-order valence-electron chi connectivity index (χ2n) is 4.82. The highest BCUT2D eigenvalue weighted by molar-refractivity contribution is 7.89. The van der Waals surface area contributed by atoms with Crippen molar-refractivity contribution < 1.29 is 13.3 Å². The van der Waals surface area contributed by atoms with Crippen molar-refractivity contribution in [3.8, 4) is 0 Å². The van der Waals surface area contributed by atoms with E-state index in [1.54, 1.807) is 0 Å². The molecule has 9 heteroatoms. The second kappa shape index (κ2) is 6.83. The van der Waals surface area contributed by atoms with E-state index < -0.39 is 20.6 Å². The van der Waals surface area contributed by atoms with Crippen LogP contribution in [0.4, 0.5) is 11.4 Å². The van der Waals surface area contributed by atoms with Crippen molar-refractivity contribution in [1.82, 2.24) is 9.62 Å². The lowest BCUT2D eigenvalue weighted by molar-refractivity contribution is -0.386. The van der Waals surface area contributed by atoms with Crippen molar-refractivity contribution in [2.75, 3.05) is 33.0 Å². The maximum atomic E-state index is 12.3.